The van der Waals surface area contributed by atoms with Gasteiger partial charge < -0.3 is 15.4 Å². The van der Waals surface area contributed by atoms with Gasteiger partial charge in [-0.05, 0) is 31.9 Å². The van der Waals surface area contributed by atoms with Crippen molar-refractivity contribution in [3.05, 3.63) is 35.5 Å². The first-order valence-electron chi connectivity index (χ1n) is 8.35. The highest BCUT2D eigenvalue weighted by Gasteiger charge is 2.12. The average Bonchev–Trinajstić information content (AvgIpc) is 2.96. The topological polar surface area (TPSA) is 76.9 Å². The SMILES string of the molecule is COCCCNc1nc(Nc2ccc(C)cc2C)c2cnn(C)c2n1. The third-order valence-electron chi connectivity index (χ3n) is 4.04. The van der Waals surface area contributed by atoms with Crippen molar-refractivity contribution in [1.29, 1.82) is 0 Å². The smallest absolute Gasteiger partial charge is 0.226 e. The fraction of sp³-hybridized carbons (Fsp3) is 0.389. The van der Waals surface area contributed by atoms with Gasteiger partial charge in [-0.2, -0.15) is 15.1 Å². The van der Waals surface area contributed by atoms with Crippen molar-refractivity contribution in [2.45, 2.75) is 20.3 Å². The Kier molecular flexibility index (Phi) is 5.14. The molecule has 25 heavy (non-hydrogen) atoms. The summed E-state index contributed by atoms with van der Waals surface area (Å²) in [7, 11) is 3.58. The number of nitrogens with zero attached hydrogens (tertiary/aromatic N) is 4. The summed E-state index contributed by atoms with van der Waals surface area (Å²) in [6.07, 6.45) is 2.68. The molecular weight excluding hydrogens is 316 g/mol. The van der Waals surface area contributed by atoms with Gasteiger partial charge in [0.2, 0.25) is 5.95 Å². The van der Waals surface area contributed by atoms with Gasteiger partial charge in [0.1, 0.15) is 5.82 Å². The molecule has 2 N–H and O–H groups in total. The molecule has 0 bridgehead atoms. The molecule has 0 fully saturated rings. The van der Waals surface area contributed by atoms with E-state index in [2.05, 4.69) is 57.7 Å². The van der Waals surface area contributed by atoms with Crippen LogP contribution in [-0.4, -0.2) is 40.0 Å². The number of benzene rings is 1. The van der Waals surface area contributed by atoms with Gasteiger partial charge in [0.05, 0.1) is 11.6 Å². The molecule has 1 aromatic carbocycles. The third-order valence-corrected chi connectivity index (χ3v) is 4.04. The number of hydrogen-bond donors (Lipinski definition) is 2. The minimum atomic E-state index is 0.583. The Hall–Kier alpha value is -2.67. The van der Waals surface area contributed by atoms with Crippen LogP contribution in [0.3, 0.4) is 0 Å². The Morgan fingerprint density at radius 3 is 2.80 bits per heavy atom. The van der Waals surface area contributed by atoms with Gasteiger partial charge in [-0.25, -0.2) is 0 Å². The summed E-state index contributed by atoms with van der Waals surface area (Å²) in [6, 6.07) is 6.30. The highest BCUT2D eigenvalue weighted by molar-refractivity contribution is 5.89. The number of fused-ring (bicyclic) bond motifs is 1. The molecule has 0 radical (unpaired) electrons. The number of hydrogen-bond acceptors (Lipinski definition) is 6. The highest BCUT2D eigenvalue weighted by Crippen LogP contribution is 2.26. The molecule has 3 rings (SSSR count). The lowest BCUT2D eigenvalue weighted by molar-refractivity contribution is 0.197. The molecule has 0 saturated heterocycles. The number of nitrogens with one attached hydrogen (secondary N) is 2. The quantitative estimate of drug-likeness (QED) is 0.643. The maximum absolute atomic E-state index is 5.07. The van der Waals surface area contributed by atoms with Crippen LogP contribution in [-0.2, 0) is 11.8 Å². The summed E-state index contributed by atoms with van der Waals surface area (Å²) in [5.41, 5.74) is 4.22. The van der Waals surface area contributed by atoms with E-state index in [0.717, 1.165) is 35.5 Å². The van der Waals surface area contributed by atoms with Crippen molar-refractivity contribution in [1.82, 2.24) is 19.7 Å². The first-order valence-corrected chi connectivity index (χ1v) is 8.35. The van der Waals surface area contributed by atoms with Gasteiger partial charge >= 0.3 is 0 Å². The molecule has 0 atom stereocenters. The van der Waals surface area contributed by atoms with Crippen LogP contribution in [0.15, 0.2) is 24.4 Å². The van der Waals surface area contributed by atoms with Gasteiger partial charge in [-0.1, -0.05) is 17.7 Å². The summed E-state index contributed by atoms with van der Waals surface area (Å²) in [5.74, 6) is 1.33. The second kappa shape index (κ2) is 7.48. The van der Waals surface area contributed by atoms with E-state index in [4.69, 9.17) is 4.74 Å². The molecule has 0 unspecified atom stereocenters. The van der Waals surface area contributed by atoms with Gasteiger partial charge in [0.25, 0.3) is 0 Å². The van der Waals surface area contributed by atoms with E-state index in [0.29, 0.717) is 12.6 Å². The molecule has 3 aromatic rings. The van der Waals surface area contributed by atoms with E-state index < -0.39 is 0 Å². The summed E-state index contributed by atoms with van der Waals surface area (Å²) >= 11 is 0. The number of ether oxygens (including phenoxy) is 1. The van der Waals surface area contributed by atoms with E-state index in [1.54, 1.807) is 18.0 Å². The van der Waals surface area contributed by atoms with Crippen molar-refractivity contribution in [2.24, 2.45) is 7.05 Å². The van der Waals surface area contributed by atoms with Crippen molar-refractivity contribution in [2.75, 3.05) is 30.9 Å². The zero-order valence-electron chi connectivity index (χ0n) is 15.1. The Morgan fingerprint density at radius 1 is 1.20 bits per heavy atom. The van der Waals surface area contributed by atoms with Crippen LogP contribution in [0.2, 0.25) is 0 Å². The molecule has 2 heterocycles. The molecule has 0 spiro atoms. The second-order valence-corrected chi connectivity index (χ2v) is 6.12. The zero-order valence-corrected chi connectivity index (χ0v) is 15.1. The number of methoxy groups -OCH3 is 1. The standard InChI is InChI=1S/C18H24N6O/c1-12-6-7-15(13(2)10-12)21-16-14-11-20-24(3)17(14)23-18(22-16)19-8-5-9-25-4/h6-7,10-11H,5,8-9H2,1-4H3,(H2,19,21,22,23). The molecule has 7 nitrogen and oxygen atoms in total. The van der Waals surface area contributed by atoms with Crippen LogP contribution < -0.4 is 10.6 Å². The molecule has 2 aromatic heterocycles. The fourth-order valence-electron chi connectivity index (χ4n) is 2.69. The second-order valence-electron chi connectivity index (χ2n) is 6.12. The molecule has 0 aliphatic heterocycles. The van der Waals surface area contributed by atoms with Gasteiger partial charge in [-0.15, -0.1) is 0 Å². The molecule has 0 amide bonds. The predicted octanol–water partition coefficient (Wildman–Crippen LogP) is 3.17. The van der Waals surface area contributed by atoms with Crippen molar-refractivity contribution < 1.29 is 4.74 Å². The summed E-state index contributed by atoms with van der Waals surface area (Å²) in [4.78, 5) is 9.21. The summed E-state index contributed by atoms with van der Waals surface area (Å²) < 4.78 is 6.83. The number of aromatic nitrogens is 4. The first-order chi connectivity index (χ1) is 12.1. The molecule has 0 aliphatic rings. The minimum absolute atomic E-state index is 0.583. The lowest BCUT2D eigenvalue weighted by Crippen LogP contribution is -2.09. The van der Waals surface area contributed by atoms with Crippen LogP contribution in [0.4, 0.5) is 17.5 Å². The maximum atomic E-state index is 5.07. The molecule has 0 saturated carbocycles. The maximum Gasteiger partial charge on any atom is 0.226 e. The van der Waals surface area contributed by atoms with Crippen molar-refractivity contribution in [3.63, 3.8) is 0 Å². The van der Waals surface area contributed by atoms with Crippen LogP contribution >= 0.6 is 0 Å². The number of anilines is 3. The van der Waals surface area contributed by atoms with Crippen molar-refractivity contribution in [3.8, 4) is 0 Å². The number of aryl methyl sites for hydroxylation is 3. The minimum Gasteiger partial charge on any atom is -0.385 e. The summed E-state index contributed by atoms with van der Waals surface area (Å²) in [6.45, 7) is 5.62. The fourth-order valence-corrected chi connectivity index (χ4v) is 2.69. The Balaban J connectivity index is 1.92. The Bertz CT molecular complexity index is 873. The van der Waals surface area contributed by atoms with Gasteiger partial charge in [-0.3, -0.25) is 4.68 Å². The van der Waals surface area contributed by atoms with E-state index in [1.807, 2.05) is 7.05 Å². The van der Waals surface area contributed by atoms with Crippen molar-refractivity contribution >= 4 is 28.5 Å². The lowest BCUT2D eigenvalue weighted by Gasteiger charge is -2.12. The highest BCUT2D eigenvalue weighted by atomic mass is 16.5. The molecule has 7 heteroatoms. The zero-order chi connectivity index (χ0) is 17.8. The predicted molar refractivity (Wildman–Crippen MR) is 100 cm³/mol. The molecule has 0 aliphatic carbocycles. The first kappa shape index (κ1) is 17.2. The largest absolute Gasteiger partial charge is 0.385 e. The Labute approximate surface area is 147 Å². The van der Waals surface area contributed by atoms with Gasteiger partial charge in [0.15, 0.2) is 5.65 Å². The molecule has 132 valence electrons. The van der Waals surface area contributed by atoms with Crippen LogP contribution in [0, 0.1) is 13.8 Å². The van der Waals surface area contributed by atoms with Crippen LogP contribution in [0.1, 0.15) is 17.5 Å². The third kappa shape index (κ3) is 3.88. The summed E-state index contributed by atoms with van der Waals surface area (Å²) in [5, 5.41) is 11.9. The lowest BCUT2D eigenvalue weighted by atomic mass is 10.1. The van der Waals surface area contributed by atoms with Crippen LogP contribution in [0.5, 0.6) is 0 Å². The van der Waals surface area contributed by atoms with Crippen LogP contribution in [0.25, 0.3) is 11.0 Å². The number of rotatable bonds is 7. The normalized spacial score (nSPS) is 11.0. The van der Waals surface area contributed by atoms with E-state index in [1.165, 1.54) is 11.1 Å². The van der Waals surface area contributed by atoms with E-state index >= 15 is 0 Å². The van der Waals surface area contributed by atoms with E-state index in [-0.39, 0.29) is 0 Å². The monoisotopic (exact) mass is 340 g/mol. The average molecular weight is 340 g/mol. The van der Waals surface area contributed by atoms with E-state index in [9.17, 15) is 0 Å². The van der Waals surface area contributed by atoms with Gasteiger partial charge in [0, 0.05) is 33.0 Å². The Morgan fingerprint density at radius 2 is 2.04 bits per heavy atom. The molecular formula is C18H24N6O.